The van der Waals surface area contributed by atoms with Gasteiger partial charge < -0.3 is 10.2 Å². The van der Waals surface area contributed by atoms with E-state index in [-0.39, 0.29) is 16.8 Å². The van der Waals surface area contributed by atoms with Crippen molar-refractivity contribution >= 4 is 52.0 Å². The predicted molar refractivity (Wildman–Crippen MR) is 100 cm³/mol. The monoisotopic (exact) mass is 375 g/mol. The number of hydrogen-bond donors (Lipinski definition) is 1. The molecule has 2 heterocycles. The molecule has 0 saturated carbocycles. The minimum absolute atomic E-state index is 0.228. The molecule has 1 aliphatic heterocycles. The minimum Gasteiger partial charge on any atom is -0.325 e. The van der Waals surface area contributed by atoms with Crippen LogP contribution in [0.4, 0.5) is 11.4 Å². The number of anilines is 2. The summed E-state index contributed by atoms with van der Waals surface area (Å²) in [5.41, 5.74) is 2.93. The van der Waals surface area contributed by atoms with Crippen LogP contribution in [0.3, 0.4) is 0 Å². The Hall–Kier alpha value is -2.37. The second-order valence-electron chi connectivity index (χ2n) is 5.66. The molecular weight excluding hydrogens is 361 g/mol. The standard InChI is InChI=1S/C18H15Cl2N3O2/c1-10(24)22-14-6-5-13(19)16(17(14)20)12-4-3-11-9-21-8-7-15(11)23(2)18(12)25/h4-9H,3H2,1-2H3,(H,22,24). The van der Waals surface area contributed by atoms with Gasteiger partial charge in [-0.1, -0.05) is 29.3 Å². The first-order chi connectivity index (χ1) is 11.9. The number of aromatic nitrogens is 1. The number of nitrogens with one attached hydrogen (secondary N) is 1. The van der Waals surface area contributed by atoms with Crippen LogP contribution in [0.25, 0.3) is 5.57 Å². The summed E-state index contributed by atoms with van der Waals surface area (Å²) in [6, 6.07) is 5.02. The summed E-state index contributed by atoms with van der Waals surface area (Å²) >= 11 is 12.8. The molecule has 25 heavy (non-hydrogen) atoms. The highest BCUT2D eigenvalue weighted by molar-refractivity contribution is 6.43. The number of allylic oxidation sites excluding steroid dienone is 1. The number of halogens is 2. The minimum atomic E-state index is -0.257. The molecule has 1 N–H and O–H groups in total. The van der Waals surface area contributed by atoms with Crippen molar-refractivity contribution < 1.29 is 9.59 Å². The Kier molecular flexibility index (Phi) is 4.79. The molecule has 0 unspecified atom stereocenters. The van der Waals surface area contributed by atoms with Crippen LogP contribution in [0.1, 0.15) is 18.1 Å². The highest BCUT2D eigenvalue weighted by Gasteiger charge is 2.27. The van der Waals surface area contributed by atoms with E-state index in [1.165, 1.54) is 6.92 Å². The van der Waals surface area contributed by atoms with Crippen LogP contribution < -0.4 is 10.2 Å². The van der Waals surface area contributed by atoms with Crippen LogP contribution >= 0.6 is 23.2 Å². The molecule has 3 rings (SSSR count). The third-order valence-corrected chi connectivity index (χ3v) is 4.68. The molecule has 0 spiro atoms. The number of fused-ring (bicyclic) bond motifs is 1. The summed E-state index contributed by atoms with van der Waals surface area (Å²) in [5.74, 6) is -0.485. The van der Waals surface area contributed by atoms with Gasteiger partial charge in [-0.2, -0.15) is 0 Å². The number of hydrogen-bond acceptors (Lipinski definition) is 3. The molecule has 0 bridgehead atoms. The van der Waals surface area contributed by atoms with Gasteiger partial charge in [-0.15, -0.1) is 0 Å². The van der Waals surface area contributed by atoms with Gasteiger partial charge in [0.2, 0.25) is 5.91 Å². The fraction of sp³-hybridized carbons (Fsp3) is 0.167. The Bertz CT molecular complexity index is 909. The van der Waals surface area contributed by atoms with Gasteiger partial charge in [0.15, 0.2) is 0 Å². The van der Waals surface area contributed by atoms with E-state index in [0.29, 0.717) is 28.3 Å². The Labute approximate surface area is 155 Å². The first-order valence-corrected chi connectivity index (χ1v) is 8.32. The second-order valence-corrected chi connectivity index (χ2v) is 6.44. The smallest absolute Gasteiger partial charge is 0.258 e. The molecule has 7 heteroatoms. The lowest BCUT2D eigenvalue weighted by Gasteiger charge is -2.20. The van der Waals surface area contributed by atoms with Gasteiger partial charge in [0.05, 0.1) is 21.4 Å². The Morgan fingerprint density at radius 2 is 2.04 bits per heavy atom. The van der Waals surface area contributed by atoms with Crippen LogP contribution in [-0.4, -0.2) is 23.8 Å². The topological polar surface area (TPSA) is 62.3 Å². The van der Waals surface area contributed by atoms with Crippen LogP contribution in [0, 0.1) is 0 Å². The molecule has 0 saturated heterocycles. The Balaban J connectivity index is 2.12. The van der Waals surface area contributed by atoms with Gasteiger partial charge in [-0.05, 0) is 30.2 Å². The van der Waals surface area contributed by atoms with Crippen molar-refractivity contribution in [2.45, 2.75) is 13.3 Å². The average molecular weight is 376 g/mol. The molecule has 5 nitrogen and oxygen atoms in total. The van der Waals surface area contributed by atoms with Gasteiger partial charge in [0.25, 0.3) is 5.91 Å². The predicted octanol–water partition coefficient (Wildman–Crippen LogP) is 3.95. The molecule has 0 fully saturated rings. The average Bonchev–Trinajstić information content (AvgIpc) is 2.70. The van der Waals surface area contributed by atoms with Crippen molar-refractivity contribution in [1.29, 1.82) is 0 Å². The molecule has 1 aromatic carbocycles. The summed E-state index contributed by atoms with van der Waals surface area (Å²) in [5, 5.41) is 3.23. The van der Waals surface area contributed by atoms with Crippen molar-refractivity contribution in [2.24, 2.45) is 0 Å². The van der Waals surface area contributed by atoms with Gasteiger partial charge in [-0.3, -0.25) is 14.6 Å². The van der Waals surface area contributed by atoms with E-state index in [4.69, 9.17) is 23.2 Å². The van der Waals surface area contributed by atoms with E-state index >= 15 is 0 Å². The maximum absolute atomic E-state index is 13.0. The van der Waals surface area contributed by atoms with Crippen molar-refractivity contribution in [3.05, 3.63) is 57.8 Å². The van der Waals surface area contributed by atoms with Gasteiger partial charge in [-0.25, -0.2) is 0 Å². The molecule has 1 aromatic heterocycles. The van der Waals surface area contributed by atoms with Gasteiger partial charge in [0.1, 0.15) is 0 Å². The maximum atomic E-state index is 13.0. The SMILES string of the molecule is CC(=O)Nc1ccc(Cl)c(C2=CCc3cnccc3N(C)C2=O)c1Cl. The van der Waals surface area contributed by atoms with E-state index in [1.54, 1.807) is 48.6 Å². The van der Waals surface area contributed by atoms with E-state index in [1.807, 2.05) is 0 Å². The number of likely N-dealkylation sites (N-methyl/N-ethyl adjacent to an activating group) is 1. The number of amides is 2. The fourth-order valence-corrected chi connectivity index (χ4v) is 3.41. The lowest BCUT2D eigenvalue weighted by atomic mass is 10.0. The number of carbonyl (C=O) groups is 2. The molecule has 2 amide bonds. The Morgan fingerprint density at radius 1 is 1.28 bits per heavy atom. The third-order valence-electron chi connectivity index (χ3n) is 3.97. The zero-order valence-corrected chi connectivity index (χ0v) is 15.1. The summed E-state index contributed by atoms with van der Waals surface area (Å²) in [4.78, 5) is 30.0. The van der Waals surface area contributed by atoms with Crippen LogP contribution in [0.2, 0.25) is 10.0 Å². The van der Waals surface area contributed by atoms with E-state index in [2.05, 4.69) is 10.3 Å². The number of carbonyl (C=O) groups excluding carboxylic acids is 2. The van der Waals surface area contributed by atoms with Crippen LogP contribution in [0.5, 0.6) is 0 Å². The first kappa shape index (κ1) is 17.5. The van der Waals surface area contributed by atoms with Crippen molar-refractivity contribution in [3.8, 4) is 0 Å². The molecule has 0 aliphatic carbocycles. The number of nitrogens with zero attached hydrogens (tertiary/aromatic N) is 2. The van der Waals surface area contributed by atoms with E-state index in [0.717, 1.165) is 11.3 Å². The zero-order chi connectivity index (χ0) is 18.1. The second kappa shape index (κ2) is 6.86. The number of rotatable bonds is 2. The molecule has 0 radical (unpaired) electrons. The van der Waals surface area contributed by atoms with Crippen LogP contribution in [-0.2, 0) is 16.0 Å². The summed E-state index contributed by atoms with van der Waals surface area (Å²) in [7, 11) is 1.69. The molecule has 2 aromatic rings. The van der Waals surface area contributed by atoms with Crippen molar-refractivity contribution in [3.63, 3.8) is 0 Å². The fourth-order valence-electron chi connectivity index (χ4n) is 2.79. The lowest BCUT2D eigenvalue weighted by Crippen LogP contribution is -2.27. The lowest BCUT2D eigenvalue weighted by molar-refractivity contribution is -0.114. The largest absolute Gasteiger partial charge is 0.325 e. The molecule has 1 aliphatic rings. The highest BCUT2D eigenvalue weighted by Crippen LogP contribution is 2.39. The third kappa shape index (κ3) is 3.25. The number of benzene rings is 1. The maximum Gasteiger partial charge on any atom is 0.258 e. The van der Waals surface area contributed by atoms with Crippen molar-refractivity contribution in [2.75, 3.05) is 17.3 Å². The van der Waals surface area contributed by atoms with Gasteiger partial charge >= 0.3 is 0 Å². The van der Waals surface area contributed by atoms with E-state index in [9.17, 15) is 9.59 Å². The number of pyridine rings is 1. The molecule has 128 valence electrons. The zero-order valence-electron chi connectivity index (χ0n) is 13.6. The highest BCUT2D eigenvalue weighted by atomic mass is 35.5. The summed E-state index contributed by atoms with van der Waals surface area (Å²) < 4.78 is 0. The van der Waals surface area contributed by atoms with Crippen molar-refractivity contribution in [1.82, 2.24) is 4.98 Å². The molecule has 0 atom stereocenters. The van der Waals surface area contributed by atoms with E-state index < -0.39 is 0 Å². The summed E-state index contributed by atoms with van der Waals surface area (Å²) in [6.07, 6.45) is 5.68. The quantitative estimate of drug-likeness (QED) is 0.864. The first-order valence-electron chi connectivity index (χ1n) is 7.57. The normalized spacial score (nSPS) is 13.8. The Morgan fingerprint density at radius 3 is 2.76 bits per heavy atom. The summed E-state index contributed by atoms with van der Waals surface area (Å²) in [6.45, 7) is 1.39. The van der Waals surface area contributed by atoms with Gasteiger partial charge in [0, 0.05) is 37.5 Å². The van der Waals surface area contributed by atoms with Crippen LogP contribution in [0.15, 0.2) is 36.7 Å². The molecular formula is C18H15Cl2N3O2.